The number of phenolic OH excluding ortho intramolecular Hbond substituents is 1. The SMILES string of the molecule is CC(=O)C(=O)OC(C)c1ccc(O)cc1. The lowest BCUT2D eigenvalue weighted by Crippen LogP contribution is -2.16. The van der Waals surface area contributed by atoms with E-state index in [0.29, 0.717) is 0 Å². The fourth-order valence-electron chi connectivity index (χ4n) is 1.06. The summed E-state index contributed by atoms with van der Waals surface area (Å²) in [6.07, 6.45) is -0.498. The van der Waals surface area contributed by atoms with Crippen LogP contribution >= 0.6 is 0 Å². The van der Waals surface area contributed by atoms with Crippen molar-refractivity contribution < 1.29 is 19.4 Å². The van der Waals surface area contributed by atoms with Crippen LogP contribution in [0.5, 0.6) is 5.75 Å². The van der Waals surface area contributed by atoms with Crippen molar-refractivity contribution in [1.29, 1.82) is 0 Å². The van der Waals surface area contributed by atoms with Gasteiger partial charge in [0.15, 0.2) is 0 Å². The Hall–Kier alpha value is -1.84. The fourth-order valence-corrected chi connectivity index (χ4v) is 1.06. The molecule has 0 aliphatic carbocycles. The van der Waals surface area contributed by atoms with Gasteiger partial charge < -0.3 is 9.84 Å². The van der Waals surface area contributed by atoms with Crippen LogP contribution in [0.15, 0.2) is 24.3 Å². The normalized spacial score (nSPS) is 11.9. The lowest BCUT2D eigenvalue weighted by atomic mass is 10.1. The molecule has 0 saturated carbocycles. The van der Waals surface area contributed by atoms with E-state index < -0.39 is 17.9 Å². The topological polar surface area (TPSA) is 63.6 Å². The maximum Gasteiger partial charge on any atom is 0.374 e. The molecule has 0 fully saturated rings. The predicted molar refractivity (Wildman–Crippen MR) is 53.3 cm³/mol. The highest BCUT2D eigenvalue weighted by molar-refractivity contribution is 6.32. The second kappa shape index (κ2) is 4.59. The van der Waals surface area contributed by atoms with E-state index in [1.807, 2.05) is 0 Å². The molecule has 0 heterocycles. The zero-order chi connectivity index (χ0) is 11.4. The van der Waals surface area contributed by atoms with Gasteiger partial charge in [-0.25, -0.2) is 4.79 Å². The largest absolute Gasteiger partial charge is 0.508 e. The predicted octanol–water partition coefficient (Wildman–Crippen LogP) is 1.59. The van der Waals surface area contributed by atoms with Crippen molar-refractivity contribution in [2.45, 2.75) is 20.0 Å². The molecule has 4 nitrogen and oxygen atoms in total. The summed E-state index contributed by atoms with van der Waals surface area (Å²) in [6, 6.07) is 6.25. The Balaban J connectivity index is 2.69. The first-order valence-corrected chi connectivity index (χ1v) is 4.51. The van der Waals surface area contributed by atoms with Crippen molar-refractivity contribution in [1.82, 2.24) is 0 Å². The zero-order valence-electron chi connectivity index (χ0n) is 8.56. The smallest absolute Gasteiger partial charge is 0.374 e. The van der Waals surface area contributed by atoms with Gasteiger partial charge in [0.25, 0.3) is 0 Å². The van der Waals surface area contributed by atoms with Gasteiger partial charge in [-0.15, -0.1) is 0 Å². The summed E-state index contributed by atoms with van der Waals surface area (Å²) in [7, 11) is 0. The van der Waals surface area contributed by atoms with Crippen LogP contribution in [-0.4, -0.2) is 16.9 Å². The van der Waals surface area contributed by atoms with E-state index >= 15 is 0 Å². The number of carbonyl (C=O) groups is 2. The van der Waals surface area contributed by atoms with Crippen LogP contribution in [0.4, 0.5) is 0 Å². The molecule has 0 amide bonds. The van der Waals surface area contributed by atoms with E-state index in [1.54, 1.807) is 19.1 Å². The van der Waals surface area contributed by atoms with Crippen LogP contribution in [0.3, 0.4) is 0 Å². The van der Waals surface area contributed by atoms with Crippen molar-refractivity contribution in [3.63, 3.8) is 0 Å². The van der Waals surface area contributed by atoms with Crippen LogP contribution < -0.4 is 0 Å². The van der Waals surface area contributed by atoms with Crippen LogP contribution in [0, 0.1) is 0 Å². The molecule has 0 spiro atoms. The standard InChI is InChI=1S/C11H12O4/c1-7(12)11(14)15-8(2)9-3-5-10(13)6-4-9/h3-6,8,13H,1-2H3. The number of hydrogen-bond acceptors (Lipinski definition) is 4. The minimum Gasteiger partial charge on any atom is -0.508 e. The number of aromatic hydroxyl groups is 1. The number of phenols is 1. The van der Waals surface area contributed by atoms with Gasteiger partial charge in [-0.3, -0.25) is 4.79 Å². The highest BCUT2D eigenvalue weighted by Gasteiger charge is 2.14. The summed E-state index contributed by atoms with van der Waals surface area (Å²) in [4.78, 5) is 21.6. The highest BCUT2D eigenvalue weighted by atomic mass is 16.5. The summed E-state index contributed by atoms with van der Waals surface area (Å²) in [5, 5.41) is 9.05. The molecule has 0 radical (unpaired) electrons. The molecule has 1 aromatic carbocycles. The number of ketones is 1. The summed E-state index contributed by atoms with van der Waals surface area (Å²) < 4.78 is 4.87. The van der Waals surface area contributed by atoms with E-state index in [-0.39, 0.29) is 5.75 Å². The van der Waals surface area contributed by atoms with E-state index in [1.165, 1.54) is 12.1 Å². The Morgan fingerprint density at radius 3 is 2.27 bits per heavy atom. The van der Waals surface area contributed by atoms with Gasteiger partial charge in [-0.1, -0.05) is 12.1 Å². The number of Topliss-reactive ketones (excluding diaryl/α,β-unsaturated/α-hetero) is 1. The molecule has 0 aromatic heterocycles. The molecule has 0 saturated heterocycles. The van der Waals surface area contributed by atoms with Crippen LogP contribution in [0.2, 0.25) is 0 Å². The van der Waals surface area contributed by atoms with Gasteiger partial charge in [0, 0.05) is 6.92 Å². The number of carbonyl (C=O) groups excluding carboxylic acids is 2. The van der Waals surface area contributed by atoms with E-state index in [2.05, 4.69) is 0 Å². The molecule has 0 aliphatic rings. The molecule has 1 rings (SSSR count). The second-order valence-corrected chi connectivity index (χ2v) is 3.20. The minimum atomic E-state index is -0.851. The molecular weight excluding hydrogens is 196 g/mol. The van der Waals surface area contributed by atoms with E-state index in [0.717, 1.165) is 12.5 Å². The van der Waals surface area contributed by atoms with Gasteiger partial charge in [0.1, 0.15) is 11.9 Å². The molecular formula is C11H12O4. The van der Waals surface area contributed by atoms with Crippen molar-refractivity contribution in [2.24, 2.45) is 0 Å². The lowest BCUT2D eigenvalue weighted by Gasteiger charge is -2.12. The third kappa shape index (κ3) is 3.09. The molecule has 4 heteroatoms. The molecule has 0 aliphatic heterocycles. The summed E-state index contributed by atoms with van der Waals surface area (Å²) in [5.41, 5.74) is 0.724. The van der Waals surface area contributed by atoms with Crippen molar-refractivity contribution in [2.75, 3.05) is 0 Å². The number of benzene rings is 1. The van der Waals surface area contributed by atoms with Gasteiger partial charge in [-0.05, 0) is 24.6 Å². The van der Waals surface area contributed by atoms with Gasteiger partial charge in [-0.2, -0.15) is 0 Å². The third-order valence-electron chi connectivity index (χ3n) is 1.93. The first-order chi connectivity index (χ1) is 7.00. The average molecular weight is 208 g/mol. The maximum absolute atomic E-state index is 11.0. The monoisotopic (exact) mass is 208 g/mol. The molecule has 1 atom stereocenters. The number of ether oxygens (including phenoxy) is 1. The fraction of sp³-hybridized carbons (Fsp3) is 0.273. The number of esters is 1. The minimum absolute atomic E-state index is 0.142. The van der Waals surface area contributed by atoms with Gasteiger partial charge in [0.05, 0.1) is 0 Å². The summed E-state index contributed by atoms with van der Waals surface area (Å²) in [5.74, 6) is -1.33. The van der Waals surface area contributed by atoms with Crippen molar-refractivity contribution in [3.05, 3.63) is 29.8 Å². The lowest BCUT2D eigenvalue weighted by molar-refractivity contribution is -0.156. The Bertz CT molecular complexity index is 367. The first-order valence-electron chi connectivity index (χ1n) is 4.51. The molecule has 0 bridgehead atoms. The second-order valence-electron chi connectivity index (χ2n) is 3.20. The number of rotatable bonds is 3. The van der Waals surface area contributed by atoms with Crippen molar-refractivity contribution in [3.8, 4) is 5.75 Å². The molecule has 80 valence electrons. The van der Waals surface area contributed by atoms with Crippen molar-refractivity contribution >= 4 is 11.8 Å². The maximum atomic E-state index is 11.0. The molecule has 1 N–H and O–H groups in total. The molecule has 1 aromatic rings. The third-order valence-corrected chi connectivity index (χ3v) is 1.93. The Labute approximate surface area is 87.5 Å². The molecule has 1 unspecified atom stereocenters. The van der Waals surface area contributed by atoms with Gasteiger partial charge >= 0.3 is 5.97 Å². The molecule has 15 heavy (non-hydrogen) atoms. The van der Waals surface area contributed by atoms with E-state index in [4.69, 9.17) is 9.84 Å². The summed E-state index contributed by atoms with van der Waals surface area (Å²) >= 11 is 0. The van der Waals surface area contributed by atoms with Gasteiger partial charge in [0.2, 0.25) is 5.78 Å². The van der Waals surface area contributed by atoms with Crippen LogP contribution in [-0.2, 0) is 14.3 Å². The Morgan fingerprint density at radius 2 is 1.80 bits per heavy atom. The van der Waals surface area contributed by atoms with Crippen LogP contribution in [0.1, 0.15) is 25.5 Å². The first kappa shape index (κ1) is 11.2. The quantitative estimate of drug-likeness (QED) is 0.605. The average Bonchev–Trinajstić information content (AvgIpc) is 2.18. The summed E-state index contributed by atoms with van der Waals surface area (Å²) in [6.45, 7) is 2.82. The van der Waals surface area contributed by atoms with E-state index in [9.17, 15) is 9.59 Å². The Morgan fingerprint density at radius 1 is 1.27 bits per heavy atom. The zero-order valence-corrected chi connectivity index (χ0v) is 8.56. The Kier molecular flexibility index (Phi) is 3.44. The van der Waals surface area contributed by atoms with Crippen LogP contribution in [0.25, 0.3) is 0 Å². The number of hydrogen-bond donors (Lipinski definition) is 1. The highest BCUT2D eigenvalue weighted by Crippen LogP contribution is 2.19.